The predicted octanol–water partition coefficient (Wildman–Crippen LogP) is 5.05. The standard InChI is InChI=1S/C27H28Cl2N6O/c1-33-12-14-34(15-13-33)11-10-30-27(36)19-4-2-5-22(17-19)35-25-9-8-21(16-20(25)18-31-35)32-26-23(28)6-3-7-24(26)29/h2-9,16-18,32H,10-15H2,1H3,(H,30,36). The smallest absolute Gasteiger partial charge is 0.251 e. The van der Waals surface area contributed by atoms with E-state index in [1.165, 1.54) is 0 Å². The molecule has 4 aromatic rings. The maximum absolute atomic E-state index is 12.8. The molecule has 0 radical (unpaired) electrons. The van der Waals surface area contributed by atoms with Crippen molar-refractivity contribution in [3.63, 3.8) is 0 Å². The van der Waals surface area contributed by atoms with Gasteiger partial charge in [-0.05, 0) is 55.6 Å². The second kappa shape index (κ2) is 10.9. The number of benzene rings is 3. The van der Waals surface area contributed by atoms with Crippen molar-refractivity contribution in [2.75, 3.05) is 51.6 Å². The van der Waals surface area contributed by atoms with E-state index in [4.69, 9.17) is 23.2 Å². The molecule has 2 heterocycles. The summed E-state index contributed by atoms with van der Waals surface area (Å²) in [5.74, 6) is -0.0782. The molecule has 0 atom stereocenters. The van der Waals surface area contributed by atoms with Crippen LogP contribution in [0.1, 0.15) is 10.4 Å². The van der Waals surface area contributed by atoms with Crippen molar-refractivity contribution in [1.29, 1.82) is 0 Å². The Hall–Kier alpha value is -3.10. The summed E-state index contributed by atoms with van der Waals surface area (Å²) in [6.07, 6.45) is 1.80. The zero-order chi connectivity index (χ0) is 25.1. The summed E-state index contributed by atoms with van der Waals surface area (Å²) in [5.41, 5.74) is 3.88. The fraction of sp³-hybridized carbons (Fsp3) is 0.259. The van der Waals surface area contributed by atoms with Crippen LogP contribution in [0.5, 0.6) is 0 Å². The van der Waals surface area contributed by atoms with Gasteiger partial charge in [0.05, 0.1) is 33.1 Å². The lowest BCUT2D eigenvalue weighted by atomic mass is 10.1. The first kappa shape index (κ1) is 24.6. The van der Waals surface area contributed by atoms with Crippen LogP contribution in [-0.4, -0.2) is 71.8 Å². The van der Waals surface area contributed by atoms with Crippen LogP contribution in [0.15, 0.2) is 66.9 Å². The van der Waals surface area contributed by atoms with E-state index in [1.54, 1.807) is 18.3 Å². The van der Waals surface area contributed by atoms with Crippen LogP contribution in [0, 0.1) is 0 Å². The number of fused-ring (bicyclic) bond motifs is 1. The highest BCUT2D eigenvalue weighted by molar-refractivity contribution is 6.39. The van der Waals surface area contributed by atoms with E-state index < -0.39 is 0 Å². The van der Waals surface area contributed by atoms with Gasteiger partial charge in [0.15, 0.2) is 0 Å². The molecule has 0 aliphatic carbocycles. The minimum Gasteiger partial charge on any atom is -0.353 e. The number of halogens is 2. The van der Waals surface area contributed by atoms with Gasteiger partial charge < -0.3 is 15.5 Å². The van der Waals surface area contributed by atoms with Gasteiger partial charge in [0.1, 0.15) is 0 Å². The zero-order valence-electron chi connectivity index (χ0n) is 20.0. The molecular weight excluding hydrogens is 495 g/mol. The summed E-state index contributed by atoms with van der Waals surface area (Å²) < 4.78 is 1.84. The lowest BCUT2D eigenvalue weighted by Gasteiger charge is -2.32. The summed E-state index contributed by atoms with van der Waals surface area (Å²) in [6.45, 7) is 5.70. The number of hydrogen-bond acceptors (Lipinski definition) is 5. The van der Waals surface area contributed by atoms with Crippen LogP contribution in [0.4, 0.5) is 11.4 Å². The van der Waals surface area contributed by atoms with E-state index in [9.17, 15) is 4.79 Å². The maximum atomic E-state index is 12.8. The van der Waals surface area contributed by atoms with Gasteiger partial charge in [-0.2, -0.15) is 5.10 Å². The van der Waals surface area contributed by atoms with Crippen molar-refractivity contribution in [1.82, 2.24) is 24.9 Å². The minimum atomic E-state index is -0.0782. The van der Waals surface area contributed by atoms with Gasteiger partial charge >= 0.3 is 0 Å². The fourth-order valence-electron chi connectivity index (χ4n) is 4.36. The normalized spacial score (nSPS) is 14.8. The first-order valence-corrected chi connectivity index (χ1v) is 12.7. The molecule has 2 N–H and O–H groups in total. The predicted molar refractivity (Wildman–Crippen MR) is 147 cm³/mol. The van der Waals surface area contributed by atoms with Gasteiger partial charge in [-0.1, -0.05) is 35.3 Å². The Morgan fingerprint density at radius 3 is 2.50 bits per heavy atom. The molecule has 3 aromatic carbocycles. The van der Waals surface area contributed by atoms with E-state index >= 15 is 0 Å². The van der Waals surface area contributed by atoms with Gasteiger partial charge in [0, 0.05) is 55.9 Å². The zero-order valence-corrected chi connectivity index (χ0v) is 21.6. The van der Waals surface area contributed by atoms with Crippen molar-refractivity contribution in [2.24, 2.45) is 0 Å². The van der Waals surface area contributed by atoms with Gasteiger partial charge in [-0.3, -0.25) is 9.69 Å². The topological polar surface area (TPSA) is 65.4 Å². The number of aromatic nitrogens is 2. The summed E-state index contributed by atoms with van der Waals surface area (Å²) >= 11 is 12.6. The monoisotopic (exact) mass is 522 g/mol. The first-order valence-electron chi connectivity index (χ1n) is 12.0. The van der Waals surface area contributed by atoms with Crippen molar-refractivity contribution >= 4 is 51.4 Å². The highest BCUT2D eigenvalue weighted by Gasteiger charge is 2.15. The maximum Gasteiger partial charge on any atom is 0.251 e. The molecular formula is C27H28Cl2N6O. The number of carbonyl (C=O) groups excluding carboxylic acids is 1. The number of nitrogens with one attached hydrogen (secondary N) is 2. The summed E-state index contributed by atoms with van der Waals surface area (Å²) in [7, 11) is 2.14. The lowest BCUT2D eigenvalue weighted by Crippen LogP contribution is -2.46. The third-order valence-electron chi connectivity index (χ3n) is 6.46. The molecule has 5 rings (SSSR count). The third kappa shape index (κ3) is 5.50. The summed E-state index contributed by atoms with van der Waals surface area (Å²) in [5, 5.41) is 13.0. The van der Waals surface area contributed by atoms with E-state index in [0.29, 0.717) is 27.8 Å². The number of hydrogen-bond donors (Lipinski definition) is 2. The number of rotatable bonds is 7. The molecule has 1 fully saturated rings. The Kier molecular flexibility index (Phi) is 7.43. The van der Waals surface area contributed by atoms with Crippen molar-refractivity contribution < 1.29 is 4.79 Å². The Morgan fingerprint density at radius 2 is 1.72 bits per heavy atom. The highest BCUT2D eigenvalue weighted by Crippen LogP contribution is 2.33. The molecule has 1 aromatic heterocycles. The number of carbonyl (C=O) groups is 1. The SMILES string of the molecule is CN1CCN(CCNC(=O)c2cccc(-n3ncc4cc(Nc5c(Cl)cccc5Cl)ccc43)c2)CC1. The van der Waals surface area contributed by atoms with Crippen LogP contribution < -0.4 is 10.6 Å². The molecule has 1 aliphatic rings. The summed E-state index contributed by atoms with van der Waals surface area (Å²) in [4.78, 5) is 17.5. The average Bonchev–Trinajstić information content (AvgIpc) is 3.31. The molecule has 0 spiro atoms. The van der Waals surface area contributed by atoms with E-state index in [2.05, 4.69) is 32.6 Å². The Morgan fingerprint density at radius 1 is 0.972 bits per heavy atom. The average molecular weight is 523 g/mol. The number of nitrogens with zero attached hydrogens (tertiary/aromatic N) is 4. The van der Waals surface area contributed by atoms with Crippen molar-refractivity contribution in [3.8, 4) is 5.69 Å². The Labute approximate surface area is 220 Å². The number of likely N-dealkylation sites (N-methyl/N-ethyl adjacent to an activating group) is 1. The van der Waals surface area contributed by atoms with Crippen LogP contribution in [-0.2, 0) is 0 Å². The number of amides is 1. The molecule has 0 saturated carbocycles. The van der Waals surface area contributed by atoms with E-state index in [0.717, 1.165) is 55.0 Å². The van der Waals surface area contributed by atoms with Gasteiger partial charge in [0.25, 0.3) is 5.91 Å². The van der Waals surface area contributed by atoms with Crippen LogP contribution in [0.25, 0.3) is 16.6 Å². The van der Waals surface area contributed by atoms with Crippen LogP contribution in [0.3, 0.4) is 0 Å². The molecule has 0 unspecified atom stereocenters. The van der Waals surface area contributed by atoms with Gasteiger partial charge in [0.2, 0.25) is 0 Å². The second-order valence-electron chi connectivity index (χ2n) is 9.00. The molecule has 186 valence electrons. The third-order valence-corrected chi connectivity index (χ3v) is 7.09. The molecule has 1 aliphatic heterocycles. The molecule has 9 heteroatoms. The molecule has 1 amide bonds. The van der Waals surface area contributed by atoms with Crippen LogP contribution in [0.2, 0.25) is 10.0 Å². The quantitative estimate of drug-likeness (QED) is 0.355. The molecule has 7 nitrogen and oxygen atoms in total. The fourth-order valence-corrected chi connectivity index (χ4v) is 4.85. The highest BCUT2D eigenvalue weighted by atomic mass is 35.5. The molecule has 36 heavy (non-hydrogen) atoms. The molecule has 1 saturated heterocycles. The second-order valence-corrected chi connectivity index (χ2v) is 9.82. The van der Waals surface area contributed by atoms with Gasteiger partial charge in [-0.15, -0.1) is 0 Å². The van der Waals surface area contributed by atoms with E-state index in [-0.39, 0.29) is 5.91 Å². The minimum absolute atomic E-state index is 0.0782. The first-order chi connectivity index (χ1) is 17.5. The number of anilines is 2. The Bertz CT molecular complexity index is 1360. The van der Waals surface area contributed by atoms with Crippen LogP contribution >= 0.6 is 23.2 Å². The van der Waals surface area contributed by atoms with E-state index in [1.807, 2.05) is 53.2 Å². The number of piperazine rings is 1. The Balaban J connectivity index is 1.28. The number of para-hydroxylation sites is 1. The lowest BCUT2D eigenvalue weighted by molar-refractivity contribution is 0.0941. The van der Waals surface area contributed by atoms with Crippen molar-refractivity contribution in [2.45, 2.75) is 0 Å². The van der Waals surface area contributed by atoms with Crippen molar-refractivity contribution in [3.05, 3.63) is 82.5 Å². The molecule has 0 bridgehead atoms. The summed E-state index contributed by atoms with van der Waals surface area (Å²) in [6, 6.07) is 18.9. The largest absolute Gasteiger partial charge is 0.353 e. The van der Waals surface area contributed by atoms with Gasteiger partial charge in [-0.25, -0.2) is 4.68 Å².